The van der Waals surface area contributed by atoms with E-state index in [0.717, 1.165) is 18.1 Å². The highest BCUT2D eigenvalue weighted by molar-refractivity contribution is 7.11. The third-order valence-electron chi connectivity index (χ3n) is 3.52. The van der Waals surface area contributed by atoms with E-state index < -0.39 is 0 Å². The Labute approximate surface area is 147 Å². The van der Waals surface area contributed by atoms with Crippen LogP contribution in [0.2, 0.25) is 0 Å². The van der Waals surface area contributed by atoms with Crippen LogP contribution in [0, 0.1) is 6.92 Å². The third-order valence-corrected chi connectivity index (χ3v) is 4.51. The normalized spacial score (nSPS) is 11.4. The van der Waals surface area contributed by atoms with Gasteiger partial charge >= 0.3 is 0 Å². The Morgan fingerprint density at radius 1 is 1.25 bits per heavy atom. The van der Waals surface area contributed by atoms with E-state index in [1.54, 1.807) is 24.5 Å². The molecular weight excluding hydrogens is 322 g/mol. The Balaban J connectivity index is 1.91. The number of nitrogens with zero attached hydrogens (tertiary/aromatic N) is 1. The van der Waals surface area contributed by atoms with E-state index >= 15 is 0 Å². The van der Waals surface area contributed by atoms with Crippen molar-refractivity contribution in [1.82, 2.24) is 10.6 Å². The molecule has 0 aliphatic rings. The van der Waals surface area contributed by atoms with Crippen LogP contribution < -0.4 is 15.4 Å². The summed E-state index contributed by atoms with van der Waals surface area (Å²) < 4.78 is 5.14. The van der Waals surface area contributed by atoms with Gasteiger partial charge in [0.1, 0.15) is 0 Å². The molecule has 0 atom stereocenters. The van der Waals surface area contributed by atoms with Gasteiger partial charge in [-0.1, -0.05) is 12.1 Å². The van der Waals surface area contributed by atoms with Gasteiger partial charge in [-0.3, -0.25) is 0 Å². The standard InChI is InChI=1S/C18H25N3O2S/c1-4-19-18(21-12-15-9-8-13(2)24-15)20-11-10-14-6-5-7-16(23-3)17(14)22/h5-9,22H,4,10-12H2,1-3H3,(H2,19,20,21). The number of nitrogens with one attached hydrogen (secondary N) is 2. The van der Waals surface area contributed by atoms with E-state index in [2.05, 4.69) is 34.7 Å². The highest BCUT2D eigenvalue weighted by atomic mass is 32.1. The minimum atomic E-state index is 0.206. The summed E-state index contributed by atoms with van der Waals surface area (Å²) in [5.74, 6) is 1.49. The molecule has 0 saturated heterocycles. The van der Waals surface area contributed by atoms with Crippen LogP contribution in [-0.2, 0) is 13.0 Å². The first-order valence-electron chi connectivity index (χ1n) is 8.06. The first-order valence-corrected chi connectivity index (χ1v) is 8.88. The van der Waals surface area contributed by atoms with Crippen LogP contribution in [0.1, 0.15) is 22.2 Å². The number of phenolic OH excluding ortho intramolecular Hbond substituents is 1. The molecule has 3 N–H and O–H groups in total. The number of rotatable bonds is 7. The largest absolute Gasteiger partial charge is 0.504 e. The number of aliphatic imine (C=N–C) groups is 1. The molecule has 24 heavy (non-hydrogen) atoms. The minimum Gasteiger partial charge on any atom is -0.504 e. The number of benzene rings is 1. The van der Waals surface area contributed by atoms with Crippen molar-refractivity contribution in [2.75, 3.05) is 20.2 Å². The number of para-hydroxylation sites is 1. The summed E-state index contributed by atoms with van der Waals surface area (Å²) >= 11 is 1.76. The number of thiophene rings is 1. The van der Waals surface area contributed by atoms with E-state index in [-0.39, 0.29) is 5.75 Å². The van der Waals surface area contributed by atoms with Gasteiger partial charge in [-0.05, 0) is 44.0 Å². The van der Waals surface area contributed by atoms with Gasteiger partial charge in [-0.25, -0.2) is 4.99 Å². The molecule has 0 fully saturated rings. The number of aromatic hydroxyl groups is 1. The van der Waals surface area contributed by atoms with Crippen molar-refractivity contribution in [2.24, 2.45) is 4.99 Å². The lowest BCUT2D eigenvalue weighted by Crippen LogP contribution is -2.38. The molecule has 130 valence electrons. The Morgan fingerprint density at radius 3 is 2.75 bits per heavy atom. The fourth-order valence-corrected chi connectivity index (χ4v) is 3.13. The van der Waals surface area contributed by atoms with E-state index in [1.807, 2.05) is 19.1 Å². The number of phenols is 1. The molecule has 1 aromatic carbocycles. The lowest BCUT2D eigenvalue weighted by atomic mass is 10.1. The molecule has 0 bridgehead atoms. The van der Waals surface area contributed by atoms with Gasteiger partial charge in [0.05, 0.1) is 13.7 Å². The number of hydrogen-bond donors (Lipinski definition) is 3. The van der Waals surface area contributed by atoms with Crippen LogP contribution in [0.5, 0.6) is 11.5 Å². The smallest absolute Gasteiger partial charge is 0.191 e. The van der Waals surface area contributed by atoms with Crippen LogP contribution in [-0.4, -0.2) is 31.3 Å². The van der Waals surface area contributed by atoms with Crippen molar-refractivity contribution in [3.8, 4) is 11.5 Å². The highest BCUT2D eigenvalue weighted by Gasteiger charge is 2.07. The van der Waals surface area contributed by atoms with Crippen molar-refractivity contribution in [1.29, 1.82) is 0 Å². The average Bonchev–Trinajstić information content (AvgIpc) is 2.99. The first kappa shape index (κ1) is 18.1. The predicted octanol–water partition coefficient (Wildman–Crippen LogP) is 3.07. The molecule has 2 rings (SSSR count). The summed E-state index contributed by atoms with van der Waals surface area (Å²) in [6.07, 6.45) is 0.686. The zero-order valence-electron chi connectivity index (χ0n) is 14.4. The average molecular weight is 347 g/mol. The van der Waals surface area contributed by atoms with E-state index in [1.165, 1.54) is 9.75 Å². The second-order valence-corrected chi connectivity index (χ2v) is 6.72. The lowest BCUT2D eigenvalue weighted by Gasteiger charge is -2.12. The summed E-state index contributed by atoms with van der Waals surface area (Å²) in [6, 6.07) is 9.76. The van der Waals surface area contributed by atoms with Crippen LogP contribution in [0.15, 0.2) is 35.3 Å². The Kier molecular flexibility index (Phi) is 6.93. The van der Waals surface area contributed by atoms with Gasteiger partial charge in [0, 0.05) is 22.8 Å². The molecule has 0 aliphatic carbocycles. The first-order chi connectivity index (χ1) is 11.6. The maximum absolute atomic E-state index is 10.1. The SMILES string of the molecule is CCNC(=NCc1ccc(C)s1)NCCc1cccc(OC)c1O. The Morgan fingerprint density at radius 2 is 2.08 bits per heavy atom. The molecular formula is C18H25N3O2S. The van der Waals surface area contributed by atoms with E-state index in [9.17, 15) is 5.11 Å². The quantitative estimate of drug-likeness (QED) is 0.532. The molecule has 2 aromatic rings. The van der Waals surface area contributed by atoms with E-state index in [4.69, 9.17) is 4.74 Å². The fourth-order valence-electron chi connectivity index (χ4n) is 2.32. The summed E-state index contributed by atoms with van der Waals surface area (Å²) in [5.41, 5.74) is 0.853. The summed E-state index contributed by atoms with van der Waals surface area (Å²) in [7, 11) is 1.55. The molecule has 1 aromatic heterocycles. The van der Waals surface area contributed by atoms with Crippen LogP contribution in [0.25, 0.3) is 0 Å². The van der Waals surface area contributed by atoms with Gasteiger partial charge in [-0.2, -0.15) is 0 Å². The minimum absolute atomic E-state index is 0.206. The fraction of sp³-hybridized carbons (Fsp3) is 0.389. The molecule has 0 saturated carbocycles. The molecule has 0 spiro atoms. The maximum atomic E-state index is 10.1. The molecule has 0 unspecified atom stereocenters. The zero-order valence-corrected chi connectivity index (χ0v) is 15.2. The molecule has 6 heteroatoms. The van der Waals surface area contributed by atoms with Crippen LogP contribution >= 0.6 is 11.3 Å². The van der Waals surface area contributed by atoms with Crippen molar-refractivity contribution < 1.29 is 9.84 Å². The maximum Gasteiger partial charge on any atom is 0.191 e. The number of ether oxygens (including phenoxy) is 1. The molecule has 5 nitrogen and oxygen atoms in total. The Hall–Kier alpha value is -2.21. The van der Waals surface area contributed by atoms with Crippen molar-refractivity contribution in [3.05, 3.63) is 45.6 Å². The number of hydrogen-bond acceptors (Lipinski definition) is 4. The topological polar surface area (TPSA) is 65.9 Å². The van der Waals surface area contributed by atoms with Crippen molar-refractivity contribution >= 4 is 17.3 Å². The lowest BCUT2D eigenvalue weighted by molar-refractivity contribution is 0.370. The highest BCUT2D eigenvalue weighted by Crippen LogP contribution is 2.29. The van der Waals surface area contributed by atoms with Crippen LogP contribution in [0.3, 0.4) is 0 Å². The second kappa shape index (κ2) is 9.17. The van der Waals surface area contributed by atoms with Gasteiger partial charge in [0.25, 0.3) is 0 Å². The third kappa shape index (κ3) is 5.16. The summed E-state index contributed by atoms with van der Waals surface area (Å²) in [5, 5.41) is 16.7. The van der Waals surface area contributed by atoms with Gasteiger partial charge in [0.15, 0.2) is 17.5 Å². The summed E-state index contributed by atoms with van der Waals surface area (Å²) in [6.45, 7) is 6.29. The van der Waals surface area contributed by atoms with E-state index in [0.29, 0.717) is 25.3 Å². The molecule has 0 amide bonds. The van der Waals surface area contributed by atoms with Crippen molar-refractivity contribution in [2.45, 2.75) is 26.8 Å². The molecule has 0 aliphatic heterocycles. The number of guanidine groups is 1. The monoisotopic (exact) mass is 347 g/mol. The molecule has 0 radical (unpaired) electrons. The van der Waals surface area contributed by atoms with Gasteiger partial charge in [-0.15, -0.1) is 11.3 Å². The zero-order chi connectivity index (χ0) is 17.4. The predicted molar refractivity (Wildman–Crippen MR) is 100 cm³/mol. The van der Waals surface area contributed by atoms with Gasteiger partial charge < -0.3 is 20.5 Å². The molecule has 1 heterocycles. The summed E-state index contributed by atoms with van der Waals surface area (Å²) in [4.78, 5) is 7.15. The van der Waals surface area contributed by atoms with Crippen LogP contribution in [0.4, 0.5) is 0 Å². The number of aryl methyl sites for hydroxylation is 1. The van der Waals surface area contributed by atoms with Gasteiger partial charge in [0.2, 0.25) is 0 Å². The Bertz CT molecular complexity index is 683. The number of methoxy groups -OCH3 is 1. The van der Waals surface area contributed by atoms with Crippen molar-refractivity contribution in [3.63, 3.8) is 0 Å². The second-order valence-electron chi connectivity index (χ2n) is 5.35.